The second-order valence-electron chi connectivity index (χ2n) is 3.49. The predicted octanol–water partition coefficient (Wildman–Crippen LogP) is 3.97. The maximum Gasteiger partial charge on any atom is 0.392 e. The lowest BCUT2D eigenvalue weighted by molar-refractivity contribution is -0.178. The second kappa shape index (κ2) is 6.51. The number of halogens is 6. The van der Waals surface area contributed by atoms with Gasteiger partial charge in [0.15, 0.2) is 11.3 Å². The summed E-state index contributed by atoms with van der Waals surface area (Å²) < 4.78 is 73.6. The summed E-state index contributed by atoms with van der Waals surface area (Å²) in [7, 11) is 0. The summed E-state index contributed by atoms with van der Waals surface area (Å²) in [4.78, 5) is 10.4. The lowest BCUT2D eigenvalue weighted by atomic mass is 10.1. The largest absolute Gasteiger partial charge is 0.392 e. The SMILES string of the molecule is CC(=O)SCCCC(F)(F)C(F)CC(F)(F)F. The lowest BCUT2D eigenvalue weighted by Gasteiger charge is -2.21. The fourth-order valence-electron chi connectivity index (χ4n) is 1.03. The standard InChI is InChI=1S/C9H12F6OS/c1-6(16)17-4-2-3-8(11,12)7(10)5-9(13,14)15/h7H,2-5H2,1H3. The first-order valence-electron chi connectivity index (χ1n) is 4.76. The molecule has 0 rings (SSSR count). The summed E-state index contributed by atoms with van der Waals surface area (Å²) in [5.74, 6) is -3.96. The molecule has 0 aromatic heterocycles. The van der Waals surface area contributed by atoms with Gasteiger partial charge in [0.2, 0.25) is 0 Å². The van der Waals surface area contributed by atoms with Gasteiger partial charge in [-0.1, -0.05) is 11.8 Å². The number of hydrogen-bond acceptors (Lipinski definition) is 2. The first kappa shape index (κ1) is 16.6. The molecule has 0 N–H and O–H groups in total. The van der Waals surface area contributed by atoms with Gasteiger partial charge in [-0.15, -0.1) is 0 Å². The molecule has 0 aliphatic carbocycles. The van der Waals surface area contributed by atoms with Gasteiger partial charge in [0.05, 0.1) is 6.42 Å². The Balaban J connectivity index is 4.04. The topological polar surface area (TPSA) is 17.1 Å². The molecule has 0 saturated carbocycles. The first-order valence-corrected chi connectivity index (χ1v) is 5.75. The van der Waals surface area contributed by atoms with Gasteiger partial charge in [0, 0.05) is 19.1 Å². The Morgan fingerprint density at radius 2 is 1.76 bits per heavy atom. The zero-order chi connectivity index (χ0) is 13.7. The molecule has 0 fully saturated rings. The van der Waals surface area contributed by atoms with Crippen LogP contribution in [-0.2, 0) is 4.79 Å². The van der Waals surface area contributed by atoms with E-state index in [4.69, 9.17) is 0 Å². The Bertz CT molecular complexity index is 252. The van der Waals surface area contributed by atoms with Crippen molar-refractivity contribution in [3.05, 3.63) is 0 Å². The van der Waals surface area contributed by atoms with E-state index in [1.807, 2.05) is 0 Å². The summed E-state index contributed by atoms with van der Waals surface area (Å²) in [5.41, 5.74) is 0. The predicted molar refractivity (Wildman–Crippen MR) is 52.9 cm³/mol. The fourth-order valence-corrected chi connectivity index (χ4v) is 1.61. The van der Waals surface area contributed by atoms with Gasteiger partial charge in [0.25, 0.3) is 5.92 Å². The highest BCUT2D eigenvalue weighted by molar-refractivity contribution is 8.13. The van der Waals surface area contributed by atoms with Crippen molar-refractivity contribution in [1.29, 1.82) is 0 Å². The van der Waals surface area contributed by atoms with Crippen LogP contribution in [0.3, 0.4) is 0 Å². The van der Waals surface area contributed by atoms with Crippen molar-refractivity contribution in [2.45, 2.75) is 44.5 Å². The van der Waals surface area contributed by atoms with E-state index in [0.29, 0.717) is 0 Å². The Labute approximate surface area is 98.9 Å². The zero-order valence-electron chi connectivity index (χ0n) is 8.99. The van der Waals surface area contributed by atoms with E-state index in [-0.39, 0.29) is 17.3 Å². The number of rotatable bonds is 6. The molecule has 0 aromatic rings. The number of carbonyl (C=O) groups excluding carboxylic acids is 1. The summed E-state index contributed by atoms with van der Waals surface area (Å²) in [6.45, 7) is 1.24. The van der Waals surface area contributed by atoms with E-state index < -0.39 is 31.1 Å². The molecule has 0 heterocycles. The van der Waals surface area contributed by atoms with E-state index in [1.165, 1.54) is 6.92 Å². The van der Waals surface area contributed by atoms with E-state index in [2.05, 4.69) is 0 Å². The van der Waals surface area contributed by atoms with Crippen molar-refractivity contribution in [2.24, 2.45) is 0 Å². The second-order valence-corrected chi connectivity index (χ2v) is 4.76. The van der Waals surface area contributed by atoms with Crippen molar-refractivity contribution in [2.75, 3.05) is 5.75 Å². The monoisotopic (exact) mass is 282 g/mol. The molecular formula is C9H12F6OS. The molecule has 0 aliphatic rings. The van der Waals surface area contributed by atoms with Crippen LogP contribution in [0.1, 0.15) is 26.2 Å². The van der Waals surface area contributed by atoms with Gasteiger partial charge < -0.3 is 0 Å². The van der Waals surface area contributed by atoms with Crippen molar-refractivity contribution < 1.29 is 31.1 Å². The number of thioether (sulfide) groups is 1. The highest BCUT2D eigenvalue weighted by Gasteiger charge is 2.46. The molecule has 1 nitrogen and oxygen atoms in total. The third kappa shape index (κ3) is 8.34. The van der Waals surface area contributed by atoms with E-state index in [0.717, 1.165) is 11.8 Å². The Morgan fingerprint density at radius 1 is 1.24 bits per heavy atom. The zero-order valence-corrected chi connectivity index (χ0v) is 9.81. The molecule has 0 bridgehead atoms. The summed E-state index contributed by atoms with van der Waals surface area (Å²) in [6.07, 6.45) is -11.5. The maximum absolute atomic E-state index is 12.9. The molecule has 0 spiro atoms. The average molecular weight is 282 g/mol. The minimum absolute atomic E-state index is 0.0453. The van der Waals surface area contributed by atoms with E-state index >= 15 is 0 Å². The maximum atomic E-state index is 12.9. The highest BCUT2D eigenvalue weighted by Crippen LogP contribution is 2.35. The summed E-state index contributed by atoms with van der Waals surface area (Å²) in [5, 5.41) is -0.277. The minimum atomic E-state index is -4.95. The van der Waals surface area contributed by atoms with Crippen LogP contribution in [0.25, 0.3) is 0 Å². The van der Waals surface area contributed by atoms with Crippen LogP contribution in [0.5, 0.6) is 0 Å². The molecule has 0 saturated heterocycles. The molecule has 1 atom stereocenters. The van der Waals surface area contributed by atoms with Gasteiger partial charge >= 0.3 is 6.18 Å². The van der Waals surface area contributed by atoms with E-state index in [1.54, 1.807) is 0 Å². The molecule has 0 aliphatic heterocycles. The number of carbonyl (C=O) groups is 1. The van der Waals surface area contributed by atoms with Crippen LogP contribution in [0.2, 0.25) is 0 Å². The minimum Gasteiger partial charge on any atom is -0.288 e. The molecule has 0 aromatic carbocycles. The Hall–Kier alpha value is -0.400. The lowest BCUT2D eigenvalue weighted by Crippen LogP contribution is -2.34. The van der Waals surface area contributed by atoms with Crippen LogP contribution >= 0.6 is 11.8 Å². The smallest absolute Gasteiger partial charge is 0.288 e. The van der Waals surface area contributed by atoms with Gasteiger partial charge in [-0.2, -0.15) is 13.2 Å². The van der Waals surface area contributed by atoms with Crippen LogP contribution in [0.4, 0.5) is 26.3 Å². The number of hydrogen-bond donors (Lipinski definition) is 0. The normalized spacial score (nSPS) is 14.8. The average Bonchev–Trinajstić information content (AvgIpc) is 2.09. The Morgan fingerprint density at radius 3 is 2.18 bits per heavy atom. The van der Waals surface area contributed by atoms with Gasteiger partial charge in [-0.3, -0.25) is 4.79 Å². The molecule has 1 unspecified atom stereocenters. The van der Waals surface area contributed by atoms with Crippen LogP contribution in [0, 0.1) is 0 Å². The van der Waals surface area contributed by atoms with Crippen LogP contribution in [0.15, 0.2) is 0 Å². The van der Waals surface area contributed by atoms with Gasteiger partial charge in [0.1, 0.15) is 0 Å². The van der Waals surface area contributed by atoms with Crippen LogP contribution < -0.4 is 0 Å². The summed E-state index contributed by atoms with van der Waals surface area (Å²) >= 11 is 0.780. The van der Waals surface area contributed by atoms with Gasteiger partial charge in [-0.05, 0) is 6.42 Å². The quantitative estimate of drug-likeness (QED) is 0.541. The van der Waals surface area contributed by atoms with Crippen molar-refractivity contribution in [3.8, 4) is 0 Å². The van der Waals surface area contributed by atoms with Crippen molar-refractivity contribution in [1.82, 2.24) is 0 Å². The number of alkyl halides is 6. The van der Waals surface area contributed by atoms with E-state index in [9.17, 15) is 31.1 Å². The summed E-state index contributed by atoms with van der Waals surface area (Å²) in [6, 6.07) is 0. The van der Waals surface area contributed by atoms with Crippen molar-refractivity contribution >= 4 is 16.9 Å². The molecule has 17 heavy (non-hydrogen) atoms. The van der Waals surface area contributed by atoms with Crippen molar-refractivity contribution in [3.63, 3.8) is 0 Å². The fraction of sp³-hybridized carbons (Fsp3) is 0.889. The van der Waals surface area contributed by atoms with Crippen LogP contribution in [-0.4, -0.2) is 29.1 Å². The van der Waals surface area contributed by atoms with Gasteiger partial charge in [-0.25, -0.2) is 13.2 Å². The molecule has 0 amide bonds. The first-order chi connectivity index (χ1) is 7.54. The molecule has 8 heteroatoms. The molecule has 0 radical (unpaired) electrons. The third-order valence-electron chi connectivity index (χ3n) is 1.83. The molecule has 102 valence electrons. The Kier molecular flexibility index (Phi) is 6.36. The third-order valence-corrected chi connectivity index (χ3v) is 2.73. The highest BCUT2D eigenvalue weighted by atomic mass is 32.2. The molecular weight excluding hydrogens is 270 g/mol.